The number of likely N-dealkylation sites (N-methyl/N-ethyl adjacent to an activating group) is 1. The van der Waals surface area contributed by atoms with E-state index in [-0.39, 0.29) is 24.3 Å². The Balaban J connectivity index is 2.44. The molecule has 0 aliphatic rings. The smallest absolute Gasteiger partial charge is 0.310 e. The standard InChI is InChI=1S/C10H16N4O3/c1-8(10(16)17-3)6-13(2)9(15)7-14-5-4-11-12-14/h4-5,8H,6-7H2,1-3H3. The zero-order chi connectivity index (χ0) is 12.8. The molecule has 0 fully saturated rings. The van der Waals surface area contributed by atoms with Crippen LogP contribution in [0.2, 0.25) is 0 Å². The highest BCUT2D eigenvalue weighted by molar-refractivity contribution is 5.77. The first kappa shape index (κ1) is 13.1. The number of ether oxygens (including phenoxy) is 1. The zero-order valence-corrected chi connectivity index (χ0v) is 10.2. The Hall–Kier alpha value is -1.92. The normalized spacial score (nSPS) is 11.9. The molecule has 1 aromatic heterocycles. The summed E-state index contributed by atoms with van der Waals surface area (Å²) in [5, 5.41) is 7.30. The molecule has 0 saturated heterocycles. The third-order valence-corrected chi connectivity index (χ3v) is 2.35. The molecule has 0 aliphatic carbocycles. The van der Waals surface area contributed by atoms with Gasteiger partial charge in [0.25, 0.3) is 0 Å². The molecule has 0 aromatic carbocycles. The van der Waals surface area contributed by atoms with Crippen molar-refractivity contribution in [2.75, 3.05) is 20.7 Å². The predicted molar refractivity (Wildman–Crippen MR) is 58.8 cm³/mol. The molecule has 0 saturated carbocycles. The molecule has 0 N–H and O–H groups in total. The molecule has 7 heteroatoms. The van der Waals surface area contributed by atoms with Crippen molar-refractivity contribution in [3.05, 3.63) is 12.4 Å². The minimum atomic E-state index is -0.343. The number of hydrogen-bond donors (Lipinski definition) is 0. The topological polar surface area (TPSA) is 77.3 Å². The number of hydrogen-bond acceptors (Lipinski definition) is 5. The summed E-state index contributed by atoms with van der Waals surface area (Å²) in [6.45, 7) is 2.15. The SMILES string of the molecule is COC(=O)C(C)CN(C)C(=O)Cn1ccnn1. The molecule has 0 spiro atoms. The molecule has 1 heterocycles. The first-order valence-electron chi connectivity index (χ1n) is 5.20. The number of carbonyl (C=O) groups is 2. The van der Waals surface area contributed by atoms with E-state index in [2.05, 4.69) is 15.0 Å². The van der Waals surface area contributed by atoms with Crippen LogP contribution in [0.25, 0.3) is 0 Å². The van der Waals surface area contributed by atoms with Crippen LogP contribution in [-0.2, 0) is 20.9 Å². The number of esters is 1. The number of amides is 1. The molecule has 1 atom stereocenters. The molecule has 1 aromatic rings. The second-order valence-corrected chi connectivity index (χ2v) is 3.80. The average Bonchev–Trinajstić information content (AvgIpc) is 2.80. The van der Waals surface area contributed by atoms with Crippen LogP contribution in [0.3, 0.4) is 0 Å². The molecule has 17 heavy (non-hydrogen) atoms. The van der Waals surface area contributed by atoms with Crippen molar-refractivity contribution in [2.24, 2.45) is 5.92 Å². The highest BCUT2D eigenvalue weighted by Crippen LogP contribution is 2.01. The fourth-order valence-electron chi connectivity index (χ4n) is 1.36. The van der Waals surface area contributed by atoms with Crippen molar-refractivity contribution in [1.29, 1.82) is 0 Å². The Morgan fingerprint density at radius 3 is 2.76 bits per heavy atom. The monoisotopic (exact) mass is 240 g/mol. The van der Waals surface area contributed by atoms with Crippen LogP contribution < -0.4 is 0 Å². The van der Waals surface area contributed by atoms with Gasteiger partial charge in [-0.25, -0.2) is 4.68 Å². The van der Waals surface area contributed by atoms with Crippen molar-refractivity contribution in [3.8, 4) is 0 Å². The number of aromatic nitrogens is 3. The fraction of sp³-hybridized carbons (Fsp3) is 0.600. The van der Waals surface area contributed by atoms with Gasteiger partial charge in [0.2, 0.25) is 5.91 Å². The second-order valence-electron chi connectivity index (χ2n) is 3.80. The van der Waals surface area contributed by atoms with Gasteiger partial charge in [0.15, 0.2) is 0 Å². The van der Waals surface area contributed by atoms with Gasteiger partial charge < -0.3 is 9.64 Å². The lowest BCUT2D eigenvalue weighted by molar-refractivity contribution is -0.146. The lowest BCUT2D eigenvalue weighted by Crippen LogP contribution is -2.36. The Bertz CT molecular complexity index is 377. The van der Waals surface area contributed by atoms with E-state index >= 15 is 0 Å². The second kappa shape index (κ2) is 5.97. The van der Waals surface area contributed by atoms with E-state index in [4.69, 9.17) is 0 Å². The van der Waals surface area contributed by atoms with E-state index in [0.29, 0.717) is 6.54 Å². The largest absolute Gasteiger partial charge is 0.469 e. The van der Waals surface area contributed by atoms with Crippen molar-refractivity contribution < 1.29 is 14.3 Å². The molecule has 94 valence electrons. The van der Waals surface area contributed by atoms with Crippen LogP contribution >= 0.6 is 0 Å². The van der Waals surface area contributed by atoms with Gasteiger partial charge in [-0.15, -0.1) is 5.10 Å². The Kier molecular flexibility index (Phi) is 4.62. The molecular weight excluding hydrogens is 224 g/mol. The number of methoxy groups -OCH3 is 1. The quantitative estimate of drug-likeness (QED) is 0.651. The summed E-state index contributed by atoms with van der Waals surface area (Å²) >= 11 is 0. The van der Waals surface area contributed by atoms with Crippen LogP contribution in [0, 0.1) is 5.92 Å². The molecule has 1 rings (SSSR count). The van der Waals surface area contributed by atoms with Crippen LogP contribution in [0.1, 0.15) is 6.92 Å². The molecule has 7 nitrogen and oxygen atoms in total. The van der Waals surface area contributed by atoms with E-state index in [1.54, 1.807) is 20.2 Å². The predicted octanol–water partition coefficient (Wildman–Crippen LogP) is -0.454. The van der Waals surface area contributed by atoms with Gasteiger partial charge in [-0.1, -0.05) is 12.1 Å². The number of rotatable bonds is 5. The summed E-state index contributed by atoms with van der Waals surface area (Å²) < 4.78 is 6.03. The average molecular weight is 240 g/mol. The van der Waals surface area contributed by atoms with Crippen molar-refractivity contribution in [1.82, 2.24) is 19.9 Å². The van der Waals surface area contributed by atoms with E-state index < -0.39 is 0 Å². The summed E-state index contributed by atoms with van der Waals surface area (Å²) in [7, 11) is 2.97. The van der Waals surface area contributed by atoms with Crippen LogP contribution in [0.4, 0.5) is 0 Å². The van der Waals surface area contributed by atoms with Gasteiger partial charge in [0.05, 0.1) is 19.2 Å². The first-order chi connectivity index (χ1) is 8.04. The van der Waals surface area contributed by atoms with Crippen molar-refractivity contribution >= 4 is 11.9 Å². The lowest BCUT2D eigenvalue weighted by Gasteiger charge is -2.20. The minimum absolute atomic E-state index is 0.115. The van der Waals surface area contributed by atoms with Gasteiger partial charge in [-0.2, -0.15) is 0 Å². The number of nitrogens with zero attached hydrogens (tertiary/aromatic N) is 4. The van der Waals surface area contributed by atoms with Gasteiger partial charge in [0, 0.05) is 19.8 Å². The minimum Gasteiger partial charge on any atom is -0.469 e. The fourth-order valence-corrected chi connectivity index (χ4v) is 1.36. The van der Waals surface area contributed by atoms with E-state index in [1.807, 2.05) is 0 Å². The summed E-state index contributed by atoms with van der Waals surface area (Å²) in [5.41, 5.74) is 0. The molecule has 0 radical (unpaired) electrons. The molecule has 0 bridgehead atoms. The van der Waals surface area contributed by atoms with Crippen LogP contribution in [0.15, 0.2) is 12.4 Å². The van der Waals surface area contributed by atoms with Crippen molar-refractivity contribution in [2.45, 2.75) is 13.5 Å². The molecular formula is C10H16N4O3. The highest BCUT2D eigenvalue weighted by Gasteiger charge is 2.18. The molecule has 1 unspecified atom stereocenters. The third kappa shape index (κ3) is 3.86. The Morgan fingerprint density at radius 1 is 1.53 bits per heavy atom. The van der Waals surface area contributed by atoms with Crippen molar-refractivity contribution in [3.63, 3.8) is 0 Å². The Morgan fingerprint density at radius 2 is 2.24 bits per heavy atom. The van der Waals surface area contributed by atoms with Crippen LogP contribution in [-0.4, -0.2) is 52.5 Å². The van der Waals surface area contributed by atoms with E-state index in [1.165, 1.54) is 22.9 Å². The maximum absolute atomic E-state index is 11.7. The molecule has 1 amide bonds. The summed E-state index contributed by atoms with van der Waals surface area (Å²) in [5.74, 6) is -0.804. The van der Waals surface area contributed by atoms with Gasteiger partial charge >= 0.3 is 5.97 Å². The van der Waals surface area contributed by atoms with Gasteiger partial charge in [0.1, 0.15) is 6.54 Å². The first-order valence-corrected chi connectivity index (χ1v) is 5.20. The molecule has 0 aliphatic heterocycles. The highest BCUT2D eigenvalue weighted by atomic mass is 16.5. The Labute approximate surface area is 99.3 Å². The number of carbonyl (C=O) groups excluding carboxylic acids is 2. The zero-order valence-electron chi connectivity index (χ0n) is 10.2. The van der Waals surface area contributed by atoms with Crippen LogP contribution in [0.5, 0.6) is 0 Å². The van der Waals surface area contributed by atoms with Gasteiger partial charge in [-0.3, -0.25) is 9.59 Å². The van der Waals surface area contributed by atoms with E-state index in [9.17, 15) is 9.59 Å². The maximum Gasteiger partial charge on any atom is 0.310 e. The van der Waals surface area contributed by atoms with Gasteiger partial charge in [-0.05, 0) is 0 Å². The van der Waals surface area contributed by atoms with E-state index in [0.717, 1.165) is 0 Å². The maximum atomic E-state index is 11.7. The third-order valence-electron chi connectivity index (χ3n) is 2.35. The lowest BCUT2D eigenvalue weighted by atomic mass is 10.2. The summed E-state index contributed by atoms with van der Waals surface area (Å²) in [6.07, 6.45) is 3.11. The summed E-state index contributed by atoms with van der Waals surface area (Å²) in [6, 6.07) is 0. The summed E-state index contributed by atoms with van der Waals surface area (Å²) in [4.78, 5) is 24.4.